The summed E-state index contributed by atoms with van der Waals surface area (Å²) in [5.74, 6) is 0. The maximum Gasteiger partial charge on any atom is 0.106 e. The van der Waals surface area contributed by atoms with Gasteiger partial charge in [-0.3, -0.25) is 0 Å². The normalized spacial score (nSPS) is 19.7. The molecular weight excluding hydrogens is 173 g/mol. The van der Waals surface area contributed by atoms with E-state index < -0.39 is 24.3 Å². The molecule has 0 heterocycles. The van der Waals surface area contributed by atoms with Gasteiger partial charge in [0.25, 0.3) is 0 Å². The van der Waals surface area contributed by atoms with Crippen LogP contribution >= 0.6 is 0 Å². The van der Waals surface area contributed by atoms with Gasteiger partial charge in [-0.05, 0) is 5.53 Å². The third kappa shape index (κ3) is 3.24. The fraction of sp³-hybridized carbons (Fsp3) is 1.00. The number of nitrogens with zero attached hydrogens (tertiary/aromatic N) is 3. The van der Waals surface area contributed by atoms with Gasteiger partial charge in [0, 0.05) is 17.5 Å². The van der Waals surface area contributed by atoms with Crippen LogP contribution in [0.4, 0.5) is 0 Å². The Hall–Kier alpha value is -0.745. The van der Waals surface area contributed by atoms with Gasteiger partial charge in [0.05, 0.1) is 20.6 Å². The second-order valence-corrected chi connectivity index (χ2v) is 2.82. The van der Waals surface area contributed by atoms with Crippen molar-refractivity contribution in [3.05, 3.63) is 10.4 Å². The van der Waals surface area contributed by atoms with Crippen molar-refractivity contribution < 1.29 is 14.9 Å². The van der Waals surface area contributed by atoms with Crippen molar-refractivity contribution >= 4 is 7.85 Å². The second kappa shape index (κ2) is 5.09. The Labute approximate surface area is 77.6 Å². The molecule has 0 aromatic heterocycles. The van der Waals surface area contributed by atoms with E-state index in [0.29, 0.717) is 0 Å². The first-order valence-electron chi connectivity index (χ1n) is 3.66. The lowest BCUT2D eigenvalue weighted by molar-refractivity contribution is -0.0550. The van der Waals surface area contributed by atoms with Crippen LogP contribution in [0.1, 0.15) is 6.92 Å². The molecule has 0 rings (SSSR count). The van der Waals surface area contributed by atoms with Crippen molar-refractivity contribution in [1.29, 1.82) is 0 Å². The molecule has 0 aromatic rings. The van der Waals surface area contributed by atoms with Gasteiger partial charge in [-0.1, -0.05) is 12.0 Å². The van der Waals surface area contributed by atoms with Crippen molar-refractivity contribution in [3.8, 4) is 0 Å². The van der Waals surface area contributed by atoms with E-state index in [9.17, 15) is 5.11 Å². The Kier molecular flexibility index (Phi) is 4.79. The van der Waals surface area contributed by atoms with E-state index in [0.717, 1.165) is 0 Å². The Morgan fingerprint density at radius 2 is 2.31 bits per heavy atom. The molecule has 0 aromatic carbocycles. The van der Waals surface area contributed by atoms with Crippen molar-refractivity contribution in [2.45, 2.75) is 24.6 Å². The first kappa shape index (κ1) is 12.3. The summed E-state index contributed by atoms with van der Waals surface area (Å²) in [6.07, 6.45) is -2.11. The summed E-state index contributed by atoms with van der Waals surface area (Å²) >= 11 is 0. The van der Waals surface area contributed by atoms with Gasteiger partial charge in [0.15, 0.2) is 0 Å². The highest BCUT2D eigenvalue weighted by Gasteiger charge is 2.32. The molecule has 6 nitrogen and oxygen atoms in total. The molecule has 0 aliphatic rings. The summed E-state index contributed by atoms with van der Waals surface area (Å²) in [6, 6.07) is 0. The maximum absolute atomic E-state index is 9.49. The third-order valence-corrected chi connectivity index (χ3v) is 1.69. The predicted octanol–water partition coefficient (Wildman–Crippen LogP) is -0.450. The van der Waals surface area contributed by atoms with Crippen LogP contribution in [0.3, 0.4) is 0 Å². The Bertz CT molecular complexity index is 201. The maximum atomic E-state index is 9.49. The van der Waals surface area contributed by atoms with Gasteiger partial charge in [-0.25, -0.2) is 0 Å². The minimum Gasteiger partial charge on any atom is -0.394 e. The zero-order valence-corrected chi connectivity index (χ0v) is 7.58. The topological polar surface area (TPSA) is 98.5 Å². The van der Waals surface area contributed by atoms with Crippen LogP contribution in [-0.4, -0.2) is 49.4 Å². The average Bonchev–Trinajstić information content (AvgIpc) is 2.06. The number of aliphatic hydroxyl groups is 2. The number of azide groups is 1. The lowest BCUT2D eigenvalue weighted by Crippen LogP contribution is -2.48. The second-order valence-electron chi connectivity index (χ2n) is 2.82. The number of ether oxygens (including phenoxy) is 1. The van der Waals surface area contributed by atoms with Crippen LogP contribution in [0.25, 0.3) is 10.4 Å². The lowest BCUT2D eigenvalue weighted by atomic mass is 9.74. The van der Waals surface area contributed by atoms with E-state index in [2.05, 4.69) is 10.0 Å². The van der Waals surface area contributed by atoms with Gasteiger partial charge in [0.2, 0.25) is 0 Å². The predicted molar refractivity (Wildman–Crippen MR) is 47.2 cm³/mol. The van der Waals surface area contributed by atoms with Gasteiger partial charge >= 0.3 is 0 Å². The van der Waals surface area contributed by atoms with E-state index >= 15 is 0 Å². The summed E-state index contributed by atoms with van der Waals surface area (Å²) < 4.78 is 4.73. The summed E-state index contributed by atoms with van der Waals surface area (Å²) in [5, 5.41) is 21.4. The van der Waals surface area contributed by atoms with Crippen LogP contribution in [0.2, 0.25) is 0 Å². The highest BCUT2D eigenvalue weighted by molar-refractivity contribution is 6.15. The van der Waals surface area contributed by atoms with E-state index in [1.165, 1.54) is 14.0 Å². The number of hydrogen-bond donors (Lipinski definition) is 2. The van der Waals surface area contributed by atoms with E-state index in [4.69, 9.17) is 23.2 Å². The van der Waals surface area contributed by atoms with Crippen molar-refractivity contribution in [1.82, 2.24) is 0 Å². The monoisotopic (exact) mass is 185 g/mol. The fourth-order valence-electron chi connectivity index (χ4n) is 0.835. The summed E-state index contributed by atoms with van der Waals surface area (Å²) in [7, 11) is 6.78. The number of rotatable bonds is 5. The van der Waals surface area contributed by atoms with E-state index in [1.54, 1.807) is 0 Å². The standard InChI is InChI=1S/C6H12BN3O3/c1-6(7,9-10-8)5(12)4(3-11)13-2/h4-5,11-12H,3H2,1-2H3/t4-,5-,6-/m1/s1. The molecule has 0 aliphatic heterocycles. The van der Waals surface area contributed by atoms with E-state index in [-0.39, 0.29) is 0 Å². The van der Waals surface area contributed by atoms with Crippen molar-refractivity contribution in [2.75, 3.05) is 13.7 Å². The molecule has 0 amide bonds. The zero-order valence-electron chi connectivity index (χ0n) is 7.58. The lowest BCUT2D eigenvalue weighted by Gasteiger charge is -2.30. The van der Waals surface area contributed by atoms with E-state index in [1.807, 2.05) is 0 Å². The molecule has 0 fully saturated rings. The Balaban J connectivity index is 4.54. The molecule has 3 atom stereocenters. The van der Waals surface area contributed by atoms with Crippen molar-refractivity contribution in [3.63, 3.8) is 0 Å². The average molecular weight is 185 g/mol. The van der Waals surface area contributed by atoms with Gasteiger partial charge in [0.1, 0.15) is 6.10 Å². The molecule has 72 valence electrons. The largest absolute Gasteiger partial charge is 0.394 e. The summed E-state index contributed by atoms with van der Waals surface area (Å²) in [6.45, 7) is 0.949. The van der Waals surface area contributed by atoms with Crippen molar-refractivity contribution in [2.24, 2.45) is 5.11 Å². The smallest absolute Gasteiger partial charge is 0.106 e. The first-order chi connectivity index (χ1) is 5.99. The van der Waals surface area contributed by atoms with Crippen LogP contribution < -0.4 is 0 Å². The number of methoxy groups -OCH3 is 1. The van der Waals surface area contributed by atoms with Crippen LogP contribution in [-0.2, 0) is 4.74 Å². The highest BCUT2D eigenvalue weighted by atomic mass is 16.5. The zero-order chi connectivity index (χ0) is 10.5. The molecule has 0 spiro atoms. The summed E-state index contributed by atoms with van der Waals surface area (Å²) in [4.78, 5) is 2.48. The van der Waals surface area contributed by atoms with Crippen LogP contribution in [0.5, 0.6) is 0 Å². The fourth-order valence-corrected chi connectivity index (χ4v) is 0.835. The SMILES string of the molecule is [B][C@](C)(N=[N+]=[N-])[C@H](O)[C@@H](CO)OC. The van der Waals surface area contributed by atoms with Gasteiger partial charge < -0.3 is 14.9 Å². The minimum absolute atomic E-state index is 0.397. The molecule has 0 aliphatic carbocycles. The quantitative estimate of drug-likeness (QED) is 0.262. The van der Waals surface area contributed by atoms with Gasteiger partial charge in [-0.2, -0.15) is 0 Å². The molecule has 0 unspecified atom stereocenters. The number of aliphatic hydroxyl groups excluding tert-OH is 2. The number of hydrogen-bond acceptors (Lipinski definition) is 4. The Morgan fingerprint density at radius 3 is 2.62 bits per heavy atom. The third-order valence-electron chi connectivity index (χ3n) is 1.69. The van der Waals surface area contributed by atoms with Crippen LogP contribution in [0.15, 0.2) is 5.11 Å². The highest BCUT2D eigenvalue weighted by Crippen LogP contribution is 2.16. The molecule has 7 heteroatoms. The molecule has 0 saturated heterocycles. The molecule has 2 radical (unpaired) electrons. The molecule has 0 saturated carbocycles. The molecule has 0 bridgehead atoms. The minimum atomic E-state index is -1.49. The first-order valence-corrected chi connectivity index (χ1v) is 3.66. The Morgan fingerprint density at radius 1 is 1.77 bits per heavy atom. The van der Waals surface area contributed by atoms with Gasteiger partial charge in [-0.15, -0.1) is 0 Å². The molecular formula is C6H12BN3O3. The van der Waals surface area contributed by atoms with Crippen LogP contribution in [0, 0.1) is 0 Å². The molecule has 13 heavy (non-hydrogen) atoms. The molecule has 2 N–H and O–H groups in total. The summed E-state index contributed by atoms with van der Waals surface area (Å²) in [5.41, 5.74) is 6.65.